The van der Waals surface area contributed by atoms with Crippen LogP contribution in [0.25, 0.3) is 0 Å². The first-order chi connectivity index (χ1) is 9.77. The zero-order chi connectivity index (χ0) is 16.0. The van der Waals surface area contributed by atoms with Gasteiger partial charge in [0.1, 0.15) is 4.90 Å². The third kappa shape index (κ3) is 5.96. The van der Waals surface area contributed by atoms with E-state index in [4.69, 9.17) is 0 Å². The van der Waals surface area contributed by atoms with Crippen molar-refractivity contribution < 1.29 is 8.42 Å². The highest BCUT2D eigenvalue weighted by molar-refractivity contribution is 9.11. The normalized spacial score (nSPS) is 12.5. The summed E-state index contributed by atoms with van der Waals surface area (Å²) in [5, 5.41) is 3.02. The Labute approximate surface area is 140 Å². The van der Waals surface area contributed by atoms with Crippen LogP contribution in [0, 0.1) is 0 Å². The molecule has 0 aromatic carbocycles. The van der Waals surface area contributed by atoms with E-state index in [1.165, 1.54) is 11.3 Å². The molecule has 0 bridgehead atoms. The summed E-state index contributed by atoms with van der Waals surface area (Å²) in [4.78, 5) is 3.51. The van der Waals surface area contributed by atoms with Crippen molar-refractivity contribution in [2.24, 2.45) is 0 Å². The molecule has 1 aromatic heterocycles. The highest BCUT2D eigenvalue weighted by Crippen LogP contribution is 2.31. The second-order valence-electron chi connectivity index (χ2n) is 5.21. The van der Waals surface area contributed by atoms with Gasteiger partial charge in [-0.3, -0.25) is 0 Å². The van der Waals surface area contributed by atoms with E-state index in [2.05, 4.69) is 44.7 Å². The minimum absolute atomic E-state index is 0.329. The van der Waals surface area contributed by atoms with Crippen LogP contribution in [0.2, 0.25) is 0 Å². The lowest BCUT2D eigenvalue weighted by Gasteiger charge is -2.20. The number of sulfonamides is 1. The SMILES string of the molecule is CNCc1cc(S(=O)(=O)NCCCN(C)C(C)C)c(Br)s1. The van der Waals surface area contributed by atoms with Gasteiger partial charge in [-0.25, -0.2) is 13.1 Å². The van der Waals surface area contributed by atoms with Crippen molar-refractivity contribution in [1.82, 2.24) is 14.9 Å². The molecule has 0 aliphatic carbocycles. The molecule has 0 unspecified atom stereocenters. The predicted octanol–water partition coefficient (Wildman–Crippen LogP) is 2.24. The summed E-state index contributed by atoms with van der Waals surface area (Å²) < 4.78 is 27.9. The van der Waals surface area contributed by atoms with Gasteiger partial charge in [-0.15, -0.1) is 11.3 Å². The molecule has 5 nitrogen and oxygen atoms in total. The minimum atomic E-state index is -3.44. The van der Waals surface area contributed by atoms with Crippen LogP contribution in [-0.4, -0.2) is 46.5 Å². The van der Waals surface area contributed by atoms with Gasteiger partial charge in [0.05, 0.1) is 3.79 Å². The van der Waals surface area contributed by atoms with E-state index < -0.39 is 10.0 Å². The second kappa shape index (κ2) is 8.59. The molecule has 0 atom stereocenters. The molecular formula is C13H24BrN3O2S2. The van der Waals surface area contributed by atoms with Gasteiger partial charge in [-0.05, 0) is 62.9 Å². The molecule has 21 heavy (non-hydrogen) atoms. The Kier molecular flexibility index (Phi) is 7.80. The van der Waals surface area contributed by atoms with Crippen molar-refractivity contribution in [3.63, 3.8) is 0 Å². The van der Waals surface area contributed by atoms with E-state index in [-0.39, 0.29) is 0 Å². The zero-order valence-corrected chi connectivity index (χ0v) is 16.2. The summed E-state index contributed by atoms with van der Waals surface area (Å²) in [6, 6.07) is 2.19. The number of nitrogens with one attached hydrogen (secondary N) is 2. The fourth-order valence-corrected chi connectivity index (χ4v) is 5.48. The van der Waals surface area contributed by atoms with E-state index in [1.807, 2.05) is 14.1 Å². The Bertz CT molecular complexity index is 544. The van der Waals surface area contributed by atoms with E-state index in [1.54, 1.807) is 6.07 Å². The van der Waals surface area contributed by atoms with Gasteiger partial charge < -0.3 is 10.2 Å². The average molecular weight is 398 g/mol. The molecule has 0 amide bonds. The molecule has 1 rings (SSSR count). The van der Waals surface area contributed by atoms with Crippen LogP contribution in [-0.2, 0) is 16.6 Å². The van der Waals surface area contributed by atoms with Crippen molar-refractivity contribution in [3.8, 4) is 0 Å². The Balaban J connectivity index is 2.57. The predicted molar refractivity (Wildman–Crippen MR) is 92.4 cm³/mol. The maximum absolute atomic E-state index is 12.3. The van der Waals surface area contributed by atoms with Gasteiger partial charge in [-0.2, -0.15) is 0 Å². The van der Waals surface area contributed by atoms with Crippen LogP contribution >= 0.6 is 27.3 Å². The zero-order valence-electron chi connectivity index (χ0n) is 12.9. The molecule has 0 radical (unpaired) electrons. The topological polar surface area (TPSA) is 61.4 Å². The minimum Gasteiger partial charge on any atom is -0.315 e. The average Bonchev–Trinajstić information content (AvgIpc) is 2.76. The van der Waals surface area contributed by atoms with Gasteiger partial charge in [-0.1, -0.05) is 0 Å². The molecule has 1 heterocycles. The first-order valence-electron chi connectivity index (χ1n) is 6.90. The van der Waals surface area contributed by atoms with Crippen LogP contribution in [0.3, 0.4) is 0 Å². The van der Waals surface area contributed by atoms with Gasteiger partial charge in [0.15, 0.2) is 0 Å². The quantitative estimate of drug-likeness (QED) is 0.627. The third-order valence-corrected chi connectivity index (χ3v) is 6.92. The monoisotopic (exact) mass is 397 g/mol. The first kappa shape index (κ1) is 19.1. The molecule has 122 valence electrons. The van der Waals surface area contributed by atoms with Crippen LogP contribution < -0.4 is 10.0 Å². The molecular weight excluding hydrogens is 374 g/mol. The molecule has 0 saturated heterocycles. The lowest BCUT2D eigenvalue weighted by atomic mass is 10.3. The Morgan fingerprint density at radius 2 is 2.10 bits per heavy atom. The van der Waals surface area contributed by atoms with E-state index in [0.29, 0.717) is 27.8 Å². The smallest absolute Gasteiger partial charge is 0.242 e. The van der Waals surface area contributed by atoms with Crippen LogP contribution in [0.5, 0.6) is 0 Å². The molecule has 0 fully saturated rings. The van der Waals surface area contributed by atoms with E-state index >= 15 is 0 Å². The lowest BCUT2D eigenvalue weighted by molar-refractivity contribution is 0.271. The van der Waals surface area contributed by atoms with Gasteiger partial charge >= 0.3 is 0 Å². The number of nitrogens with zero attached hydrogens (tertiary/aromatic N) is 1. The lowest BCUT2D eigenvalue weighted by Crippen LogP contribution is -2.31. The summed E-state index contributed by atoms with van der Waals surface area (Å²) in [7, 11) is 0.440. The molecule has 0 saturated carbocycles. The van der Waals surface area contributed by atoms with Gasteiger partial charge in [0.25, 0.3) is 0 Å². The van der Waals surface area contributed by atoms with E-state index in [0.717, 1.165) is 17.8 Å². The Morgan fingerprint density at radius 3 is 2.67 bits per heavy atom. The molecule has 0 aliphatic heterocycles. The van der Waals surface area contributed by atoms with Gasteiger partial charge in [0, 0.05) is 24.0 Å². The summed E-state index contributed by atoms with van der Waals surface area (Å²) in [5.74, 6) is 0. The maximum atomic E-state index is 12.3. The summed E-state index contributed by atoms with van der Waals surface area (Å²) in [5.41, 5.74) is 0. The Hall–Kier alpha value is 0.01000. The molecule has 8 heteroatoms. The molecule has 0 spiro atoms. The van der Waals surface area contributed by atoms with E-state index in [9.17, 15) is 8.42 Å². The van der Waals surface area contributed by atoms with Crippen molar-refractivity contribution >= 4 is 37.3 Å². The molecule has 0 aliphatic rings. The number of thiophene rings is 1. The highest BCUT2D eigenvalue weighted by atomic mass is 79.9. The summed E-state index contributed by atoms with van der Waals surface area (Å²) in [6.07, 6.45) is 0.791. The number of rotatable bonds is 9. The number of hydrogen-bond acceptors (Lipinski definition) is 5. The third-order valence-electron chi connectivity index (χ3n) is 3.21. The van der Waals surface area contributed by atoms with Crippen molar-refractivity contribution in [2.45, 2.75) is 37.8 Å². The first-order valence-corrected chi connectivity index (χ1v) is 10.00. The number of hydrogen-bond donors (Lipinski definition) is 2. The fourth-order valence-electron chi connectivity index (χ4n) is 1.71. The van der Waals surface area contributed by atoms with Crippen molar-refractivity contribution in [3.05, 3.63) is 14.7 Å². The highest BCUT2D eigenvalue weighted by Gasteiger charge is 2.20. The van der Waals surface area contributed by atoms with Crippen molar-refractivity contribution in [2.75, 3.05) is 27.2 Å². The van der Waals surface area contributed by atoms with Crippen LogP contribution in [0.1, 0.15) is 25.1 Å². The molecule has 1 aromatic rings. The maximum Gasteiger partial charge on any atom is 0.242 e. The fraction of sp³-hybridized carbons (Fsp3) is 0.692. The van der Waals surface area contributed by atoms with Crippen LogP contribution in [0.15, 0.2) is 14.7 Å². The van der Waals surface area contributed by atoms with Gasteiger partial charge in [0.2, 0.25) is 10.0 Å². The summed E-state index contributed by atoms with van der Waals surface area (Å²) in [6.45, 7) is 6.23. The Morgan fingerprint density at radius 1 is 1.43 bits per heavy atom. The largest absolute Gasteiger partial charge is 0.315 e. The number of halogens is 1. The summed E-state index contributed by atoms with van der Waals surface area (Å²) >= 11 is 4.78. The van der Waals surface area contributed by atoms with Crippen molar-refractivity contribution in [1.29, 1.82) is 0 Å². The molecule has 2 N–H and O–H groups in total. The van der Waals surface area contributed by atoms with Crippen LogP contribution in [0.4, 0.5) is 0 Å². The second-order valence-corrected chi connectivity index (χ2v) is 9.40. The standard InChI is InChI=1S/C13H24BrN3O2S2/c1-10(2)17(4)7-5-6-16-21(18,19)12-8-11(9-15-3)20-13(12)14/h8,10,15-16H,5-7,9H2,1-4H3.